The van der Waals surface area contributed by atoms with Crippen molar-refractivity contribution in [1.82, 2.24) is 0 Å². The lowest BCUT2D eigenvalue weighted by Gasteiger charge is -2.41. The highest BCUT2D eigenvalue weighted by atomic mass is 16.5. The fraction of sp³-hybridized carbons (Fsp3) is 1.00. The Morgan fingerprint density at radius 2 is 1.64 bits per heavy atom. The van der Waals surface area contributed by atoms with Gasteiger partial charge in [0, 0.05) is 0 Å². The lowest BCUT2D eigenvalue weighted by atomic mass is 9.90. The van der Waals surface area contributed by atoms with E-state index < -0.39 is 30.5 Å². The van der Waals surface area contributed by atoms with Gasteiger partial charge in [-0.15, -0.1) is 0 Å². The van der Waals surface area contributed by atoms with Gasteiger partial charge in [-0.05, 0) is 5.92 Å². The number of hydrogen-bond donors (Lipinski definition) is 4. The van der Waals surface area contributed by atoms with Gasteiger partial charge in [-0.3, -0.25) is 0 Å². The SMILES string of the molecule is CC(C)C1O[C@@H](CO)C(O)C(O)C1O. The van der Waals surface area contributed by atoms with Gasteiger partial charge >= 0.3 is 0 Å². The third kappa shape index (κ3) is 2.07. The molecule has 1 aliphatic rings. The molecule has 0 radical (unpaired) electrons. The van der Waals surface area contributed by atoms with E-state index in [0.717, 1.165) is 0 Å². The van der Waals surface area contributed by atoms with Crippen LogP contribution in [0.25, 0.3) is 0 Å². The van der Waals surface area contributed by atoms with Crippen molar-refractivity contribution in [2.75, 3.05) is 6.61 Å². The number of ether oxygens (including phenoxy) is 1. The van der Waals surface area contributed by atoms with Gasteiger partial charge in [0.15, 0.2) is 0 Å². The lowest BCUT2D eigenvalue weighted by molar-refractivity contribution is -0.238. The van der Waals surface area contributed by atoms with Crippen LogP contribution in [0.5, 0.6) is 0 Å². The smallest absolute Gasteiger partial charge is 0.111 e. The van der Waals surface area contributed by atoms with Crippen molar-refractivity contribution in [3.63, 3.8) is 0 Å². The molecule has 0 aliphatic carbocycles. The molecule has 4 unspecified atom stereocenters. The number of aliphatic hydroxyl groups is 4. The molecule has 1 rings (SSSR count). The average Bonchev–Trinajstić information content (AvgIpc) is 2.14. The molecular formula is C9H18O5. The van der Waals surface area contributed by atoms with E-state index in [0.29, 0.717) is 0 Å². The van der Waals surface area contributed by atoms with Crippen molar-refractivity contribution in [3.05, 3.63) is 0 Å². The van der Waals surface area contributed by atoms with Gasteiger partial charge in [-0.1, -0.05) is 13.8 Å². The van der Waals surface area contributed by atoms with Crippen molar-refractivity contribution in [2.24, 2.45) is 5.92 Å². The molecule has 0 aromatic rings. The van der Waals surface area contributed by atoms with Crippen molar-refractivity contribution in [2.45, 2.75) is 44.4 Å². The summed E-state index contributed by atoms with van der Waals surface area (Å²) < 4.78 is 5.28. The molecule has 14 heavy (non-hydrogen) atoms. The first-order chi connectivity index (χ1) is 6.49. The highest BCUT2D eigenvalue weighted by molar-refractivity contribution is 4.92. The number of aliphatic hydroxyl groups excluding tert-OH is 4. The molecule has 5 nitrogen and oxygen atoms in total. The molecule has 5 heteroatoms. The van der Waals surface area contributed by atoms with Crippen LogP contribution >= 0.6 is 0 Å². The van der Waals surface area contributed by atoms with E-state index in [2.05, 4.69) is 0 Å². The second-order valence-corrected chi connectivity index (χ2v) is 4.04. The minimum Gasteiger partial charge on any atom is -0.394 e. The molecule has 0 amide bonds. The summed E-state index contributed by atoms with van der Waals surface area (Å²) in [4.78, 5) is 0. The van der Waals surface area contributed by atoms with E-state index in [1.165, 1.54) is 0 Å². The first-order valence-electron chi connectivity index (χ1n) is 4.79. The van der Waals surface area contributed by atoms with Gasteiger partial charge in [0.2, 0.25) is 0 Å². The maximum absolute atomic E-state index is 9.57. The lowest BCUT2D eigenvalue weighted by Crippen LogP contribution is -2.59. The van der Waals surface area contributed by atoms with Crippen LogP contribution in [-0.2, 0) is 4.74 Å². The van der Waals surface area contributed by atoms with E-state index in [1.54, 1.807) is 0 Å². The molecule has 1 aliphatic heterocycles. The Balaban J connectivity index is 2.73. The number of hydrogen-bond acceptors (Lipinski definition) is 5. The Hall–Kier alpha value is -0.200. The molecule has 0 spiro atoms. The van der Waals surface area contributed by atoms with E-state index in [9.17, 15) is 15.3 Å². The summed E-state index contributed by atoms with van der Waals surface area (Å²) in [6.07, 6.45) is -4.96. The largest absolute Gasteiger partial charge is 0.394 e. The van der Waals surface area contributed by atoms with Crippen LogP contribution in [0.4, 0.5) is 0 Å². The fourth-order valence-corrected chi connectivity index (χ4v) is 1.68. The summed E-state index contributed by atoms with van der Waals surface area (Å²) in [5.41, 5.74) is 0. The average molecular weight is 206 g/mol. The Labute approximate surface area is 82.9 Å². The van der Waals surface area contributed by atoms with E-state index in [-0.39, 0.29) is 12.5 Å². The maximum Gasteiger partial charge on any atom is 0.111 e. The van der Waals surface area contributed by atoms with E-state index in [4.69, 9.17) is 9.84 Å². The van der Waals surface area contributed by atoms with Gasteiger partial charge in [0.1, 0.15) is 24.4 Å². The summed E-state index contributed by atoms with van der Waals surface area (Å²) >= 11 is 0. The standard InChI is InChI=1S/C9H18O5/c1-4(2)9-8(13)7(12)6(11)5(3-10)14-9/h4-13H,3H2,1-2H3/t5-,6?,7?,8?,9?/m0/s1. The normalized spacial score (nSPS) is 44.4. The highest BCUT2D eigenvalue weighted by Gasteiger charge is 2.44. The first kappa shape index (κ1) is 11.9. The molecule has 0 aromatic carbocycles. The molecule has 1 fully saturated rings. The summed E-state index contributed by atoms with van der Waals surface area (Å²) in [5.74, 6) is 0.0150. The predicted molar refractivity (Wildman–Crippen MR) is 48.6 cm³/mol. The Morgan fingerprint density at radius 1 is 1.07 bits per heavy atom. The van der Waals surface area contributed by atoms with Crippen LogP contribution in [-0.4, -0.2) is 57.6 Å². The summed E-state index contributed by atoms with van der Waals surface area (Å²) in [6.45, 7) is 3.31. The summed E-state index contributed by atoms with van der Waals surface area (Å²) in [5, 5.41) is 37.4. The van der Waals surface area contributed by atoms with Gasteiger partial charge in [-0.2, -0.15) is 0 Å². The van der Waals surface area contributed by atoms with E-state index >= 15 is 0 Å². The van der Waals surface area contributed by atoms with Gasteiger partial charge in [-0.25, -0.2) is 0 Å². The topological polar surface area (TPSA) is 90.2 Å². The van der Waals surface area contributed by atoms with Gasteiger partial charge < -0.3 is 25.2 Å². The molecule has 5 atom stereocenters. The van der Waals surface area contributed by atoms with Crippen LogP contribution < -0.4 is 0 Å². The van der Waals surface area contributed by atoms with E-state index in [1.807, 2.05) is 13.8 Å². The van der Waals surface area contributed by atoms with Crippen LogP contribution in [0, 0.1) is 5.92 Å². The predicted octanol–water partition coefficient (Wildman–Crippen LogP) is -1.52. The van der Waals surface area contributed by atoms with Crippen molar-refractivity contribution in [3.8, 4) is 0 Å². The minimum absolute atomic E-state index is 0.0150. The third-order valence-electron chi connectivity index (χ3n) is 2.59. The van der Waals surface area contributed by atoms with Crippen LogP contribution in [0.2, 0.25) is 0 Å². The quantitative estimate of drug-likeness (QED) is 0.441. The Morgan fingerprint density at radius 3 is 2.07 bits per heavy atom. The molecular weight excluding hydrogens is 188 g/mol. The second kappa shape index (κ2) is 4.55. The zero-order valence-corrected chi connectivity index (χ0v) is 8.37. The number of rotatable bonds is 2. The molecule has 4 N–H and O–H groups in total. The third-order valence-corrected chi connectivity index (χ3v) is 2.59. The monoisotopic (exact) mass is 206 g/mol. The molecule has 0 aromatic heterocycles. The van der Waals surface area contributed by atoms with Crippen molar-refractivity contribution >= 4 is 0 Å². The van der Waals surface area contributed by atoms with Gasteiger partial charge in [0.25, 0.3) is 0 Å². The molecule has 0 bridgehead atoms. The molecule has 84 valence electrons. The highest BCUT2D eigenvalue weighted by Crippen LogP contribution is 2.25. The van der Waals surface area contributed by atoms with Crippen molar-refractivity contribution < 1.29 is 25.2 Å². The zero-order chi connectivity index (χ0) is 10.9. The molecule has 1 heterocycles. The summed E-state index contributed by atoms with van der Waals surface area (Å²) in [7, 11) is 0. The minimum atomic E-state index is -1.26. The maximum atomic E-state index is 9.57. The first-order valence-corrected chi connectivity index (χ1v) is 4.79. The molecule has 0 saturated carbocycles. The van der Waals surface area contributed by atoms with Crippen LogP contribution in [0.15, 0.2) is 0 Å². The fourth-order valence-electron chi connectivity index (χ4n) is 1.68. The Kier molecular flexibility index (Phi) is 3.86. The Bertz CT molecular complexity index is 182. The second-order valence-electron chi connectivity index (χ2n) is 4.04. The van der Waals surface area contributed by atoms with Crippen molar-refractivity contribution in [1.29, 1.82) is 0 Å². The van der Waals surface area contributed by atoms with Crippen LogP contribution in [0.1, 0.15) is 13.8 Å². The summed E-state index contributed by atoms with van der Waals surface area (Å²) in [6, 6.07) is 0. The zero-order valence-electron chi connectivity index (χ0n) is 8.37. The van der Waals surface area contributed by atoms with Gasteiger partial charge in [0.05, 0.1) is 12.7 Å². The molecule has 1 saturated heterocycles. The van der Waals surface area contributed by atoms with Crippen LogP contribution in [0.3, 0.4) is 0 Å².